The lowest BCUT2D eigenvalue weighted by Crippen LogP contribution is -2.34. The number of para-hydroxylation sites is 1. The average Bonchev–Trinajstić information content (AvgIpc) is 3.09. The third-order valence-corrected chi connectivity index (χ3v) is 5.48. The van der Waals surface area contributed by atoms with Crippen molar-refractivity contribution >= 4 is 21.0 Å². The second-order valence-electron chi connectivity index (χ2n) is 6.68. The maximum atomic E-state index is 12.6. The maximum Gasteiger partial charge on any atom is 0.259 e. The monoisotopic (exact) mass is 361 g/mol. The summed E-state index contributed by atoms with van der Waals surface area (Å²) in [6.07, 6.45) is 2.02. The smallest absolute Gasteiger partial charge is 0.259 e. The number of hydrogen-bond donors (Lipinski definition) is 1. The molecule has 0 aliphatic heterocycles. The quantitative estimate of drug-likeness (QED) is 0.731. The predicted octanol–water partition coefficient (Wildman–Crippen LogP) is 3.20. The Hall–Kier alpha value is -2.12. The minimum Gasteiger partial charge on any atom is -0.461 e. The first-order chi connectivity index (χ1) is 11.8. The van der Waals surface area contributed by atoms with Crippen molar-refractivity contribution in [1.82, 2.24) is 14.3 Å². The highest BCUT2D eigenvalue weighted by Crippen LogP contribution is 2.20. The highest BCUT2D eigenvalue weighted by Gasteiger charge is 2.23. The number of sulfonamides is 1. The summed E-state index contributed by atoms with van der Waals surface area (Å²) >= 11 is 0. The van der Waals surface area contributed by atoms with Crippen molar-refractivity contribution in [2.24, 2.45) is 7.05 Å². The molecule has 3 rings (SSSR count). The summed E-state index contributed by atoms with van der Waals surface area (Å²) in [6.45, 7) is 5.78. The summed E-state index contributed by atoms with van der Waals surface area (Å²) in [4.78, 5) is 4.26. The minimum atomic E-state index is -3.67. The van der Waals surface area contributed by atoms with E-state index in [2.05, 4.69) is 9.71 Å². The van der Waals surface area contributed by atoms with E-state index in [1.54, 1.807) is 17.8 Å². The molecule has 134 valence electrons. The van der Waals surface area contributed by atoms with E-state index in [9.17, 15) is 8.42 Å². The van der Waals surface area contributed by atoms with Crippen molar-refractivity contribution < 1.29 is 12.8 Å². The SMILES string of the molecule is CC(C)c1nc(S(=O)(=O)N[C@@H](C)Cc2cc3ccccc3o2)cn1C. The molecule has 1 atom stereocenters. The third-order valence-electron chi connectivity index (χ3n) is 4.02. The number of furan rings is 1. The van der Waals surface area contributed by atoms with E-state index >= 15 is 0 Å². The van der Waals surface area contributed by atoms with Gasteiger partial charge < -0.3 is 8.98 Å². The Morgan fingerprint density at radius 3 is 2.60 bits per heavy atom. The molecular weight excluding hydrogens is 338 g/mol. The van der Waals surface area contributed by atoms with Crippen molar-refractivity contribution in [3.8, 4) is 0 Å². The number of fused-ring (bicyclic) bond motifs is 1. The zero-order chi connectivity index (χ0) is 18.2. The molecule has 0 bridgehead atoms. The van der Waals surface area contributed by atoms with Gasteiger partial charge in [-0.3, -0.25) is 0 Å². The highest BCUT2D eigenvalue weighted by atomic mass is 32.2. The van der Waals surface area contributed by atoms with E-state index in [4.69, 9.17) is 4.42 Å². The Kier molecular flexibility index (Phi) is 4.71. The summed E-state index contributed by atoms with van der Waals surface area (Å²) in [5.74, 6) is 1.65. The summed E-state index contributed by atoms with van der Waals surface area (Å²) in [6, 6.07) is 9.36. The van der Waals surface area contributed by atoms with Crippen LogP contribution in [-0.4, -0.2) is 24.0 Å². The van der Waals surface area contributed by atoms with Gasteiger partial charge in [0.2, 0.25) is 0 Å². The molecule has 1 N–H and O–H groups in total. The fourth-order valence-corrected chi connectivity index (χ4v) is 4.17. The lowest BCUT2D eigenvalue weighted by Gasteiger charge is -2.11. The molecule has 3 aromatic rings. The molecule has 0 amide bonds. The van der Waals surface area contributed by atoms with Crippen LogP contribution < -0.4 is 4.72 Å². The standard InChI is InChI=1S/C18H23N3O3S/c1-12(2)18-19-17(11-21(18)4)25(22,23)20-13(3)9-15-10-14-7-5-6-8-16(14)24-15/h5-8,10-13,20H,9H2,1-4H3/t13-/m0/s1. The number of rotatable bonds is 6. The molecule has 0 saturated carbocycles. The first-order valence-electron chi connectivity index (χ1n) is 8.29. The molecule has 0 fully saturated rings. The number of nitrogens with one attached hydrogen (secondary N) is 1. The number of imidazole rings is 1. The maximum absolute atomic E-state index is 12.6. The molecule has 0 radical (unpaired) electrons. The van der Waals surface area contributed by atoms with E-state index in [0.29, 0.717) is 6.42 Å². The molecular formula is C18H23N3O3S. The summed E-state index contributed by atoms with van der Waals surface area (Å²) < 4.78 is 35.3. The number of benzene rings is 1. The molecule has 1 aromatic carbocycles. The third kappa shape index (κ3) is 3.77. The Morgan fingerprint density at radius 1 is 1.24 bits per heavy atom. The van der Waals surface area contributed by atoms with Crippen LogP contribution in [0.15, 0.2) is 46.0 Å². The van der Waals surface area contributed by atoms with Crippen molar-refractivity contribution in [2.45, 2.75) is 44.2 Å². The summed E-state index contributed by atoms with van der Waals surface area (Å²) in [7, 11) is -1.86. The lowest BCUT2D eigenvalue weighted by atomic mass is 10.2. The van der Waals surface area contributed by atoms with Crippen LogP contribution in [0.2, 0.25) is 0 Å². The molecule has 0 aliphatic rings. The molecule has 0 saturated heterocycles. The fraction of sp³-hybridized carbons (Fsp3) is 0.389. The van der Waals surface area contributed by atoms with Gasteiger partial charge in [0.1, 0.15) is 17.2 Å². The molecule has 2 aromatic heterocycles. The van der Waals surface area contributed by atoms with Gasteiger partial charge in [0.15, 0.2) is 5.03 Å². The van der Waals surface area contributed by atoms with Gasteiger partial charge in [0.25, 0.3) is 10.0 Å². The average molecular weight is 361 g/mol. The first kappa shape index (κ1) is 17.7. The Balaban J connectivity index is 1.74. The van der Waals surface area contributed by atoms with Crippen LogP contribution in [0.4, 0.5) is 0 Å². The van der Waals surface area contributed by atoms with E-state index in [0.717, 1.165) is 22.6 Å². The van der Waals surface area contributed by atoms with E-state index in [1.807, 2.05) is 51.1 Å². The van der Waals surface area contributed by atoms with E-state index < -0.39 is 10.0 Å². The van der Waals surface area contributed by atoms with Gasteiger partial charge in [-0.2, -0.15) is 0 Å². The number of aromatic nitrogens is 2. The topological polar surface area (TPSA) is 77.1 Å². The fourth-order valence-electron chi connectivity index (χ4n) is 2.92. The Morgan fingerprint density at radius 2 is 1.96 bits per heavy atom. The van der Waals surface area contributed by atoms with Crippen LogP contribution in [0, 0.1) is 0 Å². The van der Waals surface area contributed by atoms with Gasteiger partial charge >= 0.3 is 0 Å². The van der Waals surface area contributed by atoms with Crippen LogP contribution >= 0.6 is 0 Å². The number of aryl methyl sites for hydroxylation is 1. The van der Waals surface area contributed by atoms with Gasteiger partial charge in [0.05, 0.1) is 0 Å². The molecule has 6 nitrogen and oxygen atoms in total. The largest absolute Gasteiger partial charge is 0.461 e. The van der Waals surface area contributed by atoms with Crippen molar-refractivity contribution in [3.63, 3.8) is 0 Å². The second-order valence-corrected chi connectivity index (χ2v) is 8.34. The van der Waals surface area contributed by atoms with Gasteiger partial charge in [-0.05, 0) is 19.1 Å². The second kappa shape index (κ2) is 6.65. The lowest BCUT2D eigenvalue weighted by molar-refractivity contribution is 0.503. The van der Waals surface area contributed by atoms with Crippen molar-refractivity contribution in [2.75, 3.05) is 0 Å². The van der Waals surface area contributed by atoms with Crippen molar-refractivity contribution in [3.05, 3.63) is 48.1 Å². The van der Waals surface area contributed by atoms with E-state index in [-0.39, 0.29) is 17.0 Å². The van der Waals surface area contributed by atoms with Gasteiger partial charge in [0, 0.05) is 37.0 Å². The van der Waals surface area contributed by atoms with E-state index in [1.165, 1.54) is 0 Å². The number of hydrogen-bond acceptors (Lipinski definition) is 4. The van der Waals surface area contributed by atoms with Crippen LogP contribution in [0.25, 0.3) is 11.0 Å². The van der Waals surface area contributed by atoms with Gasteiger partial charge in [-0.15, -0.1) is 0 Å². The summed E-state index contributed by atoms with van der Waals surface area (Å²) in [5.41, 5.74) is 0.804. The zero-order valence-corrected chi connectivity index (χ0v) is 15.7. The molecule has 0 unspecified atom stereocenters. The van der Waals surface area contributed by atoms with Crippen LogP contribution in [0.5, 0.6) is 0 Å². The normalized spacial score (nSPS) is 13.6. The van der Waals surface area contributed by atoms with Gasteiger partial charge in [-0.1, -0.05) is 32.0 Å². The molecule has 25 heavy (non-hydrogen) atoms. The summed E-state index contributed by atoms with van der Waals surface area (Å²) in [5, 5.41) is 1.06. The Bertz CT molecular complexity index is 953. The van der Waals surface area contributed by atoms with Crippen LogP contribution in [0.3, 0.4) is 0 Å². The Labute approximate surface area is 147 Å². The van der Waals surface area contributed by atoms with Gasteiger partial charge in [-0.25, -0.2) is 18.1 Å². The zero-order valence-electron chi connectivity index (χ0n) is 14.9. The van der Waals surface area contributed by atoms with Crippen LogP contribution in [0.1, 0.15) is 38.3 Å². The molecule has 0 aliphatic carbocycles. The van der Waals surface area contributed by atoms with Crippen molar-refractivity contribution in [1.29, 1.82) is 0 Å². The molecule has 0 spiro atoms. The number of nitrogens with zero attached hydrogens (tertiary/aromatic N) is 2. The predicted molar refractivity (Wildman–Crippen MR) is 97.0 cm³/mol. The molecule has 2 heterocycles. The molecule has 7 heteroatoms. The van der Waals surface area contributed by atoms with Crippen LogP contribution in [-0.2, 0) is 23.5 Å². The minimum absolute atomic E-state index is 0.0511. The first-order valence-corrected chi connectivity index (χ1v) is 9.77. The highest BCUT2D eigenvalue weighted by molar-refractivity contribution is 7.89.